The lowest BCUT2D eigenvalue weighted by atomic mass is 9.60. The molecule has 1 aromatic carbocycles. The van der Waals surface area contributed by atoms with E-state index in [2.05, 4.69) is 27.4 Å². The molecular formula is C31H43N7O3. The summed E-state index contributed by atoms with van der Waals surface area (Å²) in [5.41, 5.74) is 2.43. The van der Waals surface area contributed by atoms with E-state index in [4.69, 9.17) is 9.72 Å². The number of piperidine rings is 1. The van der Waals surface area contributed by atoms with Crippen molar-refractivity contribution >= 4 is 35.0 Å². The summed E-state index contributed by atoms with van der Waals surface area (Å²) in [7, 11) is 5.33. The molecule has 1 aromatic heterocycles. The number of aromatic nitrogens is 2. The number of amides is 2. The minimum Gasteiger partial charge on any atom is -0.495 e. The van der Waals surface area contributed by atoms with Crippen molar-refractivity contribution < 1.29 is 14.3 Å². The maximum atomic E-state index is 13.4. The van der Waals surface area contributed by atoms with Gasteiger partial charge in [0.1, 0.15) is 17.5 Å². The number of nitrogens with one attached hydrogen (secondary N) is 2. The van der Waals surface area contributed by atoms with E-state index in [1.807, 2.05) is 24.1 Å². The molecule has 0 bridgehead atoms. The number of hydrogen-bond donors (Lipinski definition) is 2. The van der Waals surface area contributed by atoms with Gasteiger partial charge in [0.25, 0.3) is 5.91 Å². The van der Waals surface area contributed by atoms with Gasteiger partial charge >= 0.3 is 0 Å². The smallest absolute Gasteiger partial charge is 0.253 e. The number of fused-ring (bicyclic) bond motifs is 1. The van der Waals surface area contributed by atoms with Gasteiger partial charge in [-0.1, -0.05) is 19.8 Å². The molecule has 6 rings (SSSR count). The van der Waals surface area contributed by atoms with E-state index in [1.165, 1.54) is 25.7 Å². The third-order valence-corrected chi connectivity index (χ3v) is 9.98. The average molecular weight is 562 g/mol. The summed E-state index contributed by atoms with van der Waals surface area (Å²) in [5.74, 6) is 1.89. The van der Waals surface area contributed by atoms with Gasteiger partial charge in [0.05, 0.1) is 19.0 Å². The van der Waals surface area contributed by atoms with Crippen molar-refractivity contribution in [3.8, 4) is 5.75 Å². The molecule has 10 nitrogen and oxygen atoms in total. The third-order valence-electron chi connectivity index (χ3n) is 9.98. The quantitative estimate of drug-likeness (QED) is 0.515. The first kappa shape index (κ1) is 27.8. The molecule has 2 saturated carbocycles. The summed E-state index contributed by atoms with van der Waals surface area (Å²) >= 11 is 0. The second-order valence-electron chi connectivity index (χ2n) is 12.3. The topological polar surface area (TPSA) is 103 Å². The number of nitrogens with zero attached hydrogens (tertiary/aromatic N) is 5. The van der Waals surface area contributed by atoms with Crippen LogP contribution in [0.3, 0.4) is 0 Å². The minimum atomic E-state index is -0.226. The van der Waals surface area contributed by atoms with Crippen LogP contribution in [0.15, 0.2) is 24.4 Å². The molecule has 3 fully saturated rings. The fourth-order valence-electron chi connectivity index (χ4n) is 7.44. The number of hydrogen-bond acceptors (Lipinski definition) is 8. The Hall–Kier alpha value is -3.40. The van der Waals surface area contributed by atoms with E-state index in [0.717, 1.165) is 56.7 Å². The van der Waals surface area contributed by atoms with Crippen LogP contribution in [-0.2, 0) is 4.79 Å². The summed E-state index contributed by atoms with van der Waals surface area (Å²) in [5, 5.41) is 6.76. The second kappa shape index (κ2) is 11.1. The van der Waals surface area contributed by atoms with Gasteiger partial charge < -0.3 is 30.1 Å². The molecule has 2 N–H and O–H groups in total. The van der Waals surface area contributed by atoms with Crippen molar-refractivity contribution in [1.29, 1.82) is 0 Å². The summed E-state index contributed by atoms with van der Waals surface area (Å²) in [6, 6.07) is 5.85. The highest BCUT2D eigenvalue weighted by atomic mass is 16.5. The summed E-state index contributed by atoms with van der Waals surface area (Å²) < 4.78 is 5.70. The highest BCUT2D eigenvalue weighted by Crippen LogP contribution is 2.50. The fourth-order valence-corrected chi connectivity index (χ4v) is 7.44. The number of benzene rings is 1. The zero-order chi connectivity index (χ0) is 28.7. The number of ether oxygens (including phenoxy) is 1. The lowest BCUT2D eigenvalue weighted by Gasteiger charge is -2.53. The molecule has 220 valence electrons. The largest absolute Gasteiger partial charge is 0.495 e. The van der Waals surface area contributed by atoms with Crippen molar-refractivity contribution in [1.82, 2.24) is 20.2 Å². The highest BCUT2D eigenvalue weighted by molar-refractivity contribution is 6.04. The number of rotatable bonds is 7. The molecule has 1 spiro atoms. The fraction of sp³-hybridized carbons (Fsp3) is 0.613. The first-order valence-electron chi connectivity index (χ1n) is 15.2. The molecule has 0 unspecified atom stereocenters. The van der Waals surface area contributed by atoms with Crippen molar-refractivity contribution in [2.45, 2.75) is 82.8 Å². The number of carbonyl (C=O) groups is 2. The molecule has 1 atom stereocenters. The maximum Gasteiger partial charge on any atom is 0.253 e. The first-order valence-corrected chi connectivity index (χ1v) is 15.2. The van der Waals surface area contributed by atoms with E-state index in [9.17, 15) is 9.59 Å². The van der Waals surface area contributed by atoms with Gasteiger partial charge in [0, 0.05) is 31.7 Å². The van der Waals surface area contributed by atoms with Crippen LogP contribution in [0.5, 0.6) is 5.75 Å². The van der Waals surface area contributed by atoms with Crippen LogP contribution >= 0.6 is 0 Å². The highest BCUT2D eigenvalue weighted by Gasteiger charge is 2.47. The minimum absolute atomic E-state index is 0.0131. The van der Waals surface area contributed by atoms with Crippen molar-refractivity contribution in [3.05, 3.63) is 30.0 Å². The Morgan fingerprint density at radius 3 is 2.63 bits per heavy atom. The van der Waals surface area contributed by atoms with E-state index in [0.29, 0.717) is 34.4 Å². The van der Waals surface area contributed by atoms with E-state index >= 15 is 0 Å². The number of carbonyl (C=O) groups excluding carboxylic acids is 2. The Bertz CT molecular complexity index is 1300. The van der Waals surface area contributed by atoms with Gasteiger partial charge in [-0.2, -0.15) is 4.98 Å². The molecule has 4 aliphatic rings. The molecule has 2 aromatic rings. The van der Waals surface area contributed by atoms with Crippen LogP contribution in [0.25, 0.3) is 0 Å². The lowest BCUT2D eigenvalue weighted by molar-refractivity contribution is -0.120. The second-order valence-corrected chi connectivity index (χ2v) is 12.3. The number of methoxy groups -OCH3 is 1. The molecule has 10 heteroatoms. The average Bonchev–Trinajstić information content (AvgIpc) is 3.52. The molecule has 0 radical (unpaired) electrons. The van der Waals surface area contributed by atoms with Crippen molar-refractivity contribution in [2.75, 3.05) is 49.4 Å². The number of anilines is 4. The van der Waals surface area contributed by atoms with Crippen LogP contribution in [0.1, 0.15) is 75.1 Å². The van der Waals surface area contributed by atoms with Crippen LogP contribution in [0, 0.1) is 5.41 Å². The molecule has 1 saturated heterocycles. The monoisotopic (exact) mass is 561 g/mol. The zero-order valence-corrected chi connectivity index (χ0v) is 24.8. The van der Waals surface area contributed by atoms with Crippen molar-refractivity contribution in [3.63, 3.8) is 0 Å². The van der Waals surface area contributed by atoms with Gasteiger partial charge in [-0.05, 0) is 81.6 Å². The standard InChI is InChI=1S/C31H43N7O3/c1-5-24-29(40)37(3)25-19-33-30(35-27(25)38(24)21-8-6-7-9-21)34-23-11-10-20(16-26(23)41-4)28(39)36(2)22-17-31(18-22)12-14-32-15-13-31/h10-11,16,19,21-22,24,32H,5-9,12-15,17-18H2,1-4H3,(H,33,34,35)/t24-/m1/s1. The van der Waals surface area contributed by atoms with Crippen LogP contribution in [-0.4, -0.2) is 79.1 Å². The van der Waals surface area contributed by atoms with Gasteiger partial charge in [-0.3, -0.25) is 9.59 Å². The molecule has 41 heavy (non-hydrogen) atoms. The number of likely N-dealkylation sites (N-methyl/N-ethyl adjacent to an activating group) is 1. The summed E-state index contributed by atoms with van der Waals surface area (Å²) in [6.07, 6.45) is 11.5. The normalized spacial score (nSPS) is 22.4. The Balaban J connectivity index is 1.21. The Morgan fingerprint density at radius 2 is 1.95 bits per heavy atom. The summed E-state index contributed by atoms with van der Waals surface area (Å²) in [4.78, 5) is 41.9. The third kappa shape index (κ3) is 5.00. The van der Waals surface area contributed by atoms with E-state index in [-0.39, 0.29) is 23.9 Å². The van der Waals surface area contributed by atoms with Crippen LogP contribution in [0.4, 0.5) is 23.1 Å². The SMILES string of the molecule is CC[C@@H]1C(=O)N(C)c2cnc(Nc3ccc(C(=O)N(C)C4CC5(CCNCC5)C4)cc3OC)nc2N1C1CCCC1. The molecular weight excluding hydrogens is 518 g/mol. The van der Waals surface area contributed by atoms with Crippen LogP contribution < -0.4 is 25.2 Å². The molecule has 3 heterocycles. The van der Waals surface area contributed by atoms with E-state index in [1.54, 1.807) is 31.3 Å². The predicted molar refractivity (Wildman–Crippen MR) is 160 cm³/mol. The van der Waals surface area contributed by atoms with Gasteiger partial charge in [0.2, 0.25) is 11.9 Å². The lowest BCUT2D eigenvalue weighted by Crippen LogP contribution is -2.55. The van der Waals surface area contributed by atoms with Gasteiger partial charge in [-0.25, -0.2) is 4.98 Å². The Kier molecular flexibility index (Phi) is 7.52. The summed E-state index contributed by atoms with van der Waals surface area (Å²) in [6.45, 7) is 4.22. The Morgan fingerprint density at radius 1 is 1.22 bits per heavy atom. The first-order chi connectivity index (χ1) is 19.8. The molecule has 2 amide bonds. The van der Waals surface area contributed by atoms with Gasteiger partial charge in [-0.15, -0.1) is 0 Å². The Labute approximate surface area is 242 Å². The maximum absolute atomic E-state index is 13.4. The van der Waals surface area contributed by atoms with Crippen molar-refractivity contribution in [2.24, 2.45) is 5.41 Å². The van der Waals surface area contributed by atoms with Gasteiger partial charge in [0.15, 0.2) is 5.82 Å². The molecule has 2 aliphatic carbocycles. The van der Waals surface area contributed by atoms with E-state index < -0.39 is 0 Å². The van der Waals surface area contributed by atoms with Crippen LogP contribution in [0.2, 0.25) is 0 Å². The zero-order valence-electron chi connectivity index (χ0n) is 24.8. The molecule has 2 aliphatic heterocycles. The predicted octanol–water partition coefficient (Wildman–Crippen LogP) is 4.34.